The van der Waals surface area contributed by atoms with Gasteiger partial charge in [-0.1, -0.05) is 0 Å². The van der Waals surface area contributed by atoms with Gasteiger partial charge >= 0.3 is 11.8 Å². The SMILES string of the molecule is O=C(NCCCN1CCOCC1)C(=O)NC[C@H]1OCCCN1S(=O)(=O)c1cc(F)ccc1F. The van der Waals surface area contributed by atoms with E-state index in [4.69, 9.17) is 9.47 Å². The van der Waals surface area contributed by atoms with Crippen LogP contribution in [0.5, 0.6) is 0 Å². The average Bonchev–Trinajstić information content (AvgIpc) is 2.82. The molecule has 0 aromatic heterocycles. The van der Waals surface area contributed by atoms with Gasteiger partial charge in [0.1, 0.15) is 22.8 Å². The van der Waals surface area contributed by atoms with Crippen LogP contribution in [0.3, 0.4) is 0 Å². The Hall–Kier alpha value is -2.19. The summed E-state index contributed by atoms with van der Waals surface area (Å²) < 4.78 is 65.0. The lowest BCUT2D eigenvalue weighted by atomic mass is 10.3. The minimum Gasteiger partial charge on any atom is -0.379 e. The Labute approximate surface area is 191 Å². The van der Waals surface area contributed by atoms with Crippen LogP contribution in [0.2, 0.25) is 0 Å². The summed E-state index contributed by atoms with van der Waals surface area (Å²) in [5.74, 6) is -3.78. The van der Waals surface area contributed by atoms with Crippen LogP contribution in [0.15, 0.2) is 23.1 Å². The second kappa shape index (κ2) is 11.8. The first-order valence-corrected chi connectivity index (χ1v) is 12.2. The summed E-state index contributed by atoms with van der Waals surface area (Å²) in [7, 11) is -4.43. The van der Waals surface area contributed by atoms with Gasteiger partial charge in [0.05, 0.1) is 26.4 Å². The molecule has 1 aromatic carbocycles. The molecule has 2 N–H and O–H groups in total. The van der Waals surface area contributed by atoms with Gasteiger partial charge in [-0.15, -0.1) is 0 Å². The van der Waals surface area contributed by atoms with Crippen molar-refractivity contribution in [2.75, 3.05) is 59.1 Å². The number of rotatable bonds is 8. The summed E-state index contributed by atoms with van der Waals surface area (Å²) >= 11 is 0. The van der Waals surface area contributed by atoms with Gasteiger partial charge in [0.2, 0.25) is 10.0 Å². The molecule has 0 bridgehead atoms. The van der Waals surface area contributed by atoms with E-state index in [1.54, 1.807) is 0 Å². The number of benzene rings is 1. The highest BCUT2D eigenvalue weighted by molar-refractivity contribution is 7.89. The molecule has 2 aliphatic heterocycles. The van der Waals surface area contributed by atoms with Gasteiger partial charge < -0.3 is 20.1 Å². The number of nitrogens with zero attached hydrogens (tertiary/aromatic N) is 2. The van der Waals surface area contributed by atoms with Gasteiger partial charge in [-0.05, 0) is 37.6 Å². The molecule has 3 rings (SSSR count). The second-order valence-corrected chi connectivity index (χ2v) is 9.50. The van der Waals surface area contributed by atoms with Crippen molar-refractivity contribution in [1.82, 2.24) is 19.8 Å². The summed E-state index contributed by atoms with van der Waals surface area (Å²) in [6.45, 7) is 3.97. The fourth-order valence-corrected chi connectivity index (χ4v) is 5.22. The normalized spacial score (nSPS) is 20.4. The molecule has 2 heterocycles. The molecule has 1 aromatic rings. The molecule has 1 atom stereocenters. The molecule has 0 saturated carbocycles. The second-order valence-electron chi connectivity index (χ2n) is 7.64. The number of ether oxygens (including phenoxy) is 2. The van der Waals surface area contributed by atoms with Crippen LogP contribution in [-0.4, -0.2) is 94.8 Å². The third-order valence-corrected chi connectivity index (χ3v) is 7.22. The molecule has 13 heteroatoms. The van der Waals surface area contributed by atoms with Gasteiger partial charge in [0.25, 0.3) is 0 Å². The predicted octanol–water partition coefficient (Wildman–Crippen LogP) is -0.343. The molecule has 2 fully saturated rings. The first-order valence-electron chi connectivity index (χ1n) is 10.7. The maximum atomic E-state index is 14.1. The number of hydrogen-bond acceptors (Lipinski definition) is 7. The molecular formula is C20H28F2N4O6S. The van der Waals surface area contributed by atoms with E-state index >= 15 is 0 Å². The zero-order valence-electron chi connectivity index (χ0n) is 18.1. The number of amides is 2. The van der Waals surface area contributed by atoms with Crippen molar-refractivity contribution in [3.8, 4) is 0 Å². The molecule has 2 saturated heterocycles. The minimum atomic E-state index is -4.43. The molecule has 10 nitrogen and oxygen atoms in total. The Morgan fingerprint density at radius 1 is 1.06 bits per heavy atom. The van der Waals surface area contributed by atoms with Crippen LogP contribution in [-0.2, 0) is 29.1 Å². The van der Waals surface area contributed by atoms with Crippen molar-refractivity contribution in [3.63, 3.8) is 0 Å². The maximum absolute atomic E-state index is 14.1. The topological polar surface area (TPSA) is 117 Å². The lowest BCUT2D eigenvalue weighted by molar-refractivity contribution is -0.140. The van der Waals surface area contributed by atoms with Crippen molar-refractivity contribution in [2.24, 2.45) is 0 Å². The standard InChI is InChI=1S/C20H28F2N4O6S/c21-15-3-4-16(22)17(13-15)33(29,30)26-7-2-10-32-18(26)14-24-20(28)19(27)23-5-1-6-25-8-11-31-12-9-25/h3-4,13,18H,1-2,5-12,14H2,(H,23,27)(H,24,28)/t18-/m1/s1. The van der Waals surface area contributed by atoms with Gasteiger partial charge in [0.15, 0.2) is 0 Å². The number of sulfonamides is 1. The summed E-state index contributed by atoms with van der Waals surface area (Å²) in [4.78, 5) is 25.5. The van der Waals surface area contributed by atoms with E-state index in [2.05, 4.69) is 15.5 Å². The number of morpholine rings is 1. The van der Waals surface area contributed by atoms with Crippen molar-refractivity contribution in [1.29, 1.82) is 0 Å². The van der Waals surface area contributed by atoms with Crippen LogP contribution >= 0.6 is 0 Å². The minimum absolute atomic E-state index is 0.00738. The number of hydrogen-bond donors (Lipinski definition) is 2. The third-order valence-electron chi connectivity index (χ3n) is 5.32. The highest BCUT2D eigenvalue weighted by atomic mass is 32.2. The Bertz CT molecular complexity index is 942. The van der Waals surface area contributed by atoms with Crippen LogP contribution in [0.4, 0.5) is 8.78 Å². The average molecular weight is 491 g/mol. The molecule has 0 aliphatic carbocycles. The smallest absolute Gasteiger partial charge is 0.309 e. The number of nitrogens with one attached hydrogen (secondary N) is 2. The fraction of sp³-hybridized carbons (Fsp3) is 0.600. The predicted molar refractivity (Wildman–Crippen MR) is 113 cm³/mol. The lowest BCUT2D eigenvalue weighted by Crippen LogP contribution is -2.53. The molecular weight excluding hydrogens is 462 g/mol. The fourth-order valence-electron chi connectivity index (χ4n) is 3.57. The number of carbonyl (C=O) groups excluding carboxylic acids is 2. The zero-order valence-corrected chi connectivity index (χ0v) is 18.9. The van der Waals surface area contributed by atoms with E-state index < -0.39 is 44.6 Å². The third kappa shape index (κ3) is 6.90. The van der Waals surface area contributed by atoms with Crippen LogP contribution in [0, 0.1) is 11.6 Å². The van der Waals surface area contributed by atoms with Crippen molar-refractivity contribution < 1.29 is 36.3 Å². The van der Waals surface area contributed by atoms with Crippen molar-refractivity contribution in [2.45, 2.75) is 24.0 Å². The molecule has 0 spiro atoms. The van der Waals surface area contributed by atoms with E-state index in [9.17, 15) is 26.8 Å². The molecule has 184 valence electrons. The Morgan fingerprint density at radius 3 is 2.55 bits per heavy atom. The quantitative estimate of drug-likeness (QED) is 0.378. The summed E-state index contributed by atoms with van der Waals surface area (Å²) in [5.41, 5.74) is 0. The van der Waals surface area contributed by atoms with Gasteiger partial charge in [0, 0.05) is 26.2 Å². The van der Waals surface area contributed by atoms with Crippen LogP contribution < -0.4 is 10.6 Å². The molecule has 0 radical (unpaired) electrons. The first kappa shape index (κ1) is 25.4. The van der Waals surface area contributed by atoms with E-state index in [0.717, 1.165) is 36.1 Å². The number of carbonyl (C=O) groups is 2. The molecule has 2 amide bonds. The summed E-state index contributed by atoms with van der Waals surface area (Å²) in [5, 5.41) is 4.86. The van der Waals surface area contributed by atoms with E-state index in [1.807, 2.05) is 0 Å². The van der Waals surface area contributed by atoms with Crippen molar-refractivity contribution in [3.05, 3.63) is 29.8 Å². The highest BCUT2D eigenvalue weighted by Crippen LogP contribution is 2.24. The lowest BCUT2D eigenvalue weighted by Gasteiger charge is -2.34. The Morgan fingerprint density at radius 2 is 1.79 bits per heavy atom. The van der Waals surface area contributed by atoms with Gasteiger partial charge in [-0.3, -0.25) is 14.5 Å². The van der Waals surface area contributed by atoms with Crippen molar-refractivity contribution >= 4 is 21.8 Å². The molecule has 33 heavy (non-hydrogen) atoms. The zero-order chi connectivity index (χ0) is 23.8. The Kier molecular flexibility index (Phi) is 9.09. The Balaban J connectivity index is 1.50. The van der Waals surface area contributed by atoms with E-state index in [-0.39, 0.29) is 19.7 Å². The summed E-state index contributed by atoms with van der Waals surface area (Å²) in [6.07, 6.45) is -0.162. The highest BCUT2D eigenvalue weighted by Gasteiger charge is 2.36. The van der Waals surface area contributed by atoms with Gasteiger partial charge in [-0.2, -0.15) is 4.31 Å². The molecule has 2 aliphatic rings. The summed E-state index contributed by atoms with van der Waals surface area (Å²) in [6, 6.07) is 2.14. The maximum Gasteiger partial charge on any atom is 0.309 e. The first-order chi connectivity index (χ1) is 15.8. The monoisotopic (exact) mass is 490 g/mol. The largest absolute Gasteiger partial charge is 0.379 e. The van der Waals surface area contributed by atoms with E-state index in [1.165, 1.54) is 0 Å². The van der Waals surface area contributed by atoms with Crippen LogP contribution in [0.1, 0.15) is 12.8 Å². The van der Waals surface area contributed by atoms with Crippen LogP contribution in [0.25, 0.3) is 0 Å². The molecule has 0 unspecified atom stereocenters. The number of halogens is 2. The van der Waals surface area contributed by atoms with E-state index in [0.29, 0.717) is 38.7 Å². The van der Waals surface area contributed by atoms with Gasteiger partial charge in [-0.25, -0.2) is 17.2 Å².